The lowest BCUT2D eigenvalue weighted by Crippen LogP contribution is -2.18. The van der Waals surface area contributed by atoms with Crippen LogP contribution in [0.5, 0.6) is 0 Å². The molecule has 0 unspecified atom stereocenters. The summed E-state index contributed by atoms with van der Waals surface area (Å²) in [6, 6.07) is 9.80. The Morgan fingerprint density at radius 1 is 1.20 bits per heavy atom. The van der Waals surface area contributed by atoms with Gasteiger partial charge in [-0.1, -0.05) is 23.7 Å². The smallest absolute Gasteiger partial charge is 0.282 e. The van der Waals surface area contributed by atoms with E-state index in [-0.39, 0.29) is 5.56 Å². The van der Waals surface area contributed by atoms with E-state index in [9.17, 15) is 4.79 Å². The minimum Gasteiger partial charge on any atom is -0.316 e. The second kappa shape index (κ2) is 7.52. The predicted molar refractivity (Wildman–Crippen MR) is 124 cm³/mol. The van der Waals surface area contributed by atoms with Gasteiger partial charge >= 0.3 is 0 Å². The van der Waals surface area contributed by atoms with Crippen molar-refractivity contribution in [2.75, 3.05) is 0 Å². The molecule has 1 aliphatic rings. The van der Waals surface area contributed by atoms with Gasteiger partial charge in [0.15, 0.2) is 0 Å². The van der Waals surface area contributed by atoms with Gasteiger partial charge in [-0.3, -0.25) is 4.79 Å². The van der Waals surface area contributed by atoms with Gasteiger partial charge in [-0.05, 0) is 63.3 Å². The van der Waals surface area contributed by atoms with Crippen LogP contribution < -0.4 is 5.56 Å². The fraction of sp³-hybridized carbons (Fsp3) is 0.261. The molecule has 0 bridgehead atoms. The largest absolute Gasteiger partial charge is 0.316 e. The number of aromatic nitrogens is 3. The van der Waals surface area contributed by atoms with E-state index in [1.54, 1.807) is 17.6 Å². The summed E-state index contributed by atoms with van der Waals surface area (Å²) in [4.78, 5) is 19.7. The fourth-order valence-corrected chi connectivity index (χ4v) is 5.71. The van der Waals surface area contributed by atoms with Gasteiger partial charge in [0.05, 0.1) is 22.3 Å². The molecule has 0 spiro atoms. The van der Waals surface area contributed by atoms with Crippen molar-refractivity contribution in [1.29, 1.82) is 0 Å². The first-order valence-corrected chi connectivity index (χ1v) is 11.2. The molecule has 5 nitrogen and oxygen atoms in total. The van der Waals surface area contributed by atoms with Crippen molar-refractivity contribution in [2.24, 2.45) is 5.10 Å². The van der Waals surface area contributed by atoms with Crippen molar-refractivity contribution in [3.63, 3.8) is 0 Å². The Hall–Kier alpha value is -2.70. The average molecular weight is 437 g/mol. The third-order valence-corrected chi connectivity index (χ3v) is 7.26. The van der Waals surface area contributed by atoms with E-state index in [2.05, 4.69) is 14.7 Å². The standard InChI is InChI=1S/C23H21ClN4OS/c1-14-11-16(15(2)28(14)19-9-5-4-8-18(19)24)12-26-27-13-25-22-21(23(27)29)17-7-3-6-10-20(17)30-22/h4-5,8-9,11-13H,3,6-7,10H2,1-2H3/b26-12+. The second-order valence-electron chi connectivity index (χ2n) is 7.64. The monoisotopic (exact) mass is 436 g/mol. The van der Waals surface area contributed by atoms with Gasteiger partial charge in [0.2, 0.25) is 0 Å². The molecule has 0 N–H and O–H groups in total. The van der Waals surface area contributed by atoms with Crippen LogP contribution in [0.15, 0.2) is 46.6 Å². The first-order valence-electron chi connectivity index (χ1n) is 10.0. The summed E-state index contributed by atoms with van der Waals surface area (Å²) in [5.74, 6) is 0. The van der Waals surface area contributed by atoms with E-state index in [1.807, 2.05) is 44.2 Å². The maximum atomic E-state index is 13.1. The molecule has 30 heavy (non-hydrogen) atoms. The summed E-state index contributed by atoms with van der Waals surface area (Å²) in [7, 11) is 0. The summed E-state index contributed by atoms with van der Waals surface area (Å²) in [5.41, 5.74) is 5.02. The van der Waals surface area contributed by atoms with Crippen molar-refractivity contribution in [2.45, 2.75) is 39.5 Å². The van der Waals surface area contributed by atoms with Crippen molar-refractivity contribution >= 4 is 39.4 Å². The quantitative estimate of drug-likeness (QED) is 0.410. The third kappa shape index (κ3) is 3.11. The van der Waals surface area contributed by atoms with Crippen LogP contribution in [-0.4, -0.2) is 20.4 Å². The Morgan fingerprint density at radius 2 is 2.00 bits per heavy atom. The molecule has 0 aliphatic heterocycles. The molecule has 0 amide bonds. The summed E-state index contributed by atoms with van der Waals surface area (Å²) < 4.78 is 3.45. The lowest BCUT2D eigenvalue weighted by molar-refractivity contribution is 0.699. The van der Waals surface area contributed by atoms with Gasteiger partial charge in [-0.2, -0.15) is 9.78 Å². The molecule has 3 heterocycles. The Kier molecular flexibility index (Phi) is 4.83. The van der Waals surface area contributed by atoms with E-state index in [1.165, 1.54) is 27.9 Å². The van der Waals surface area contributed by atoms with Crippen LogP contribution in [0.1, 0.15) is 40.2 Å². The zero-order chi connectivity index (χ0) is 20.8. The van der Waals surface area contributed by atoms with Crippen molar-refractivity contribution in [3.05, 3.63) is 79.4 Å². The first kappa shape index (κ1) is 19.3. The molecule has 152 valence electrons. The van der Waals surface area contributed by atoms with Crippen LogP contribution in [0.4, 0.5) is 0 Å². The molecule has 0 atom stereocenters. The molecule has 5 rings (SSSR count). The number of fused-ring (bicyclic) bond motifs is 3. The summed E-state index contributed by atoms with van der Waals surface area (Å²) in [6.07, 6.45) is 7.57. The maximum absolute atomic E-state index is 13.1. The van der Waals surface area contributed by atoms with E-state index in [0.717, 1.165) is 52.1 Å². The van der Waals surface area contributed by atoms with Crippen LogP contribution in [0, 0.1) is 13.8 Å². The summed E-state index contributed by atoms with van der Waals surface area (Å²) in [6.45, 7) is 4.06. The third-order valence-electron chi connectivity index (χ3n) is 5.74. The lowest BCUT2D eigenvalue weighted by Gasteiger charge is -2.11. The highest BCUT2D eigenvalue weighted by Crippen LogP contribution is 2.33. The Labute approximate surface area is 183 Å². The molecule has 4 aromatic rings. The van der Waals surface area contributed by atoms with Crippen molar-refractivity contribution in [3.8, 4) is 5.69 Å². The van der Waals surface area contributed by atoms with E-state index >= 15 is 0 Å². The number of halogens is 1. The molecule has 0 saturated heterocycles. The summed E-state index contributed by atoms with van der Waals surface area (Å²) in [5, 5.41) is 5.90. The number of hydrogen-bond acceptors (Lipinski definition) is 4. The molecular weight excluding hydrogens is 416 g/mol. The molecule has 0 fully saturated rings. The van der Waals surface area contributed by atoms with Crippen molar-refractivity contribution in [1.82, 2.24) is 14.2 Å². The predicted octanol–water partition coefficient (Wildman–Crippen LogP) is 5.28. The second-order valence-corrected chi connectivity index (χ2v) is 9.13. The van der Waals surface area contributed by atoms with Gasteiger partial charge in [0.1, 0.15) is 11.2 Å². The van der Waals surface area contributed by atoms with E-state index in [0.29, 0.717) is 5.02 Å². The topological polar surface area (TPSA) is 52.2 Å². The molecule has 3 aromatic heterocycles. The van der Waals surface area contributed by atoms with Crippen LogP contribution in [0.3, 0.4) is 0 Å². The molecule has 0 radical (unpaired) electrons. The zero-order valence-electron chi connectivity index (χ0n) is 16.9. The lowest BCUT2D eigenvalue weighted by atomic mass is 9.97. The maximum Gasteiger partial charge on any atom is 0.282 e. The number of hydrogen-bond donors (Lipinski definition) is 0. The van der Waals surface area contributed by atoms with Gasteiger partial charge in [0, 0.05) is 21.8 Å². The van der Waals surface area contributed by atoms with Crippen LogP contribution in [0.25, 0.3) is 15.9 Å². The number of thiophene rings is 1. The van der Waals surface area contributed by atoms with Crippen LogP contribution >= 0.6 is 22.9 Å². The van der Waals surface area contributed by atoms with E-state index in [4.69, 9.17) is 11.6 Å². The highest BCUT2D eigenvalue weighted by atomic mass is 35.5. The molecular formula is C23H21ClN4OS. The van der Waals surface area contributed by atoms with Crippen LogP contribution in [-0.2, 0) is 12.8 Å². The fourth-order valence-electron chi connectivity index (χ4n) is 4.27. The van der Waals surface area contributed by atoms with Gasteiger partial charge < -0.3 is 4.57 Å². The Balaban J connectivity index is 1.56. The minimum atomic E-state index is -0.0874. The number of rotatable bonds is 3. The average Bonchev–Trinajstić information content (AvgIpc) is 3.25. The highest BCUT2D eigenvalue weighted by molar-refractivity contribution is 7.18. The Bertz CT molecular complexity index is 1360. The van der Waals surface area contributed by atoms with Crippen LogP contribution in [0.2, 0.25) is 5.02 Å². The van der Waals surface area contributed by atoms with Gasteiger partial charge in [-0.25, -0.2) is 4.98 Å². The SMILES string of the molecule is Cc1cc(/C=N/n2cnc3sc4c(c3c2=O)CCCC4)c(C)n1-c1ccccc1Cl. The van der Waals surface area contributed by atoms with Crippen molar-refractivity contribution < 1.29 is 0 Å². The summed E-state index contributed by atoms with van der Waals surface area (Å²) >= 11 is 8.05. The molecule has 0 saturated carbocycles. The molecule has 1 aromatic carbocycles. The van der Waals surface area contributed by atoms with E-state index < -0.39 is 0 Å². The molecule has 1 aliphatic carbocycles. The number of nitrogens with zero attached hydrogens (tertiary/aromatic N) is 4. The van der Waals surface area contributed by atoms with Gasteiger partial charge in [-0.15, -0.1) is 11.3 Å². The zero-order valence-corrected chi connectivity index (χ0v) is 18.4. The minimum absolute atomic E-state index is 0.0874. The molecule has 7 heteroatoms. The number of benzene rings is 1. The Morgan fingerprint density at radius 3 is 2.83 bits per heavy atom. The number of aryl methyl sites for hydroxylation is 3. The number of para-hydroxylation sites is 1. The highest BCUT2D eigenvalue weighted by Gasteiger charge is 2.20. The first-order chi connectivity index (χ1) is 14.5. The van der Waals surface area contributed by atoms with Gasteiger partial charge in [0.25, 0.3) is 5.56 Å². The normalized spacial score (nSPS) is 14.0.